The number of allylic oxidation sites excluding steroid dienone is 3. The number of anilines is 3. The largest absolute Gasteiger partial charge is 0.478 e. The van der Waals surface area contributed by atoms with Crippen molar-refractivity contribution in [1.82, 2.24) is 0 Å². The number of carboxylic acid groups (broad SMARTS) is 1. The second-order valence-corrected chi connectivity index (χ2v) is 12.5. The summed E-state index contributed by atoms with van der Waals surface area (Å²) < 4.78 is 0. The van der Waals surface area contributed by atoms with Gasteiger partial charge in [0.25, 0.3) is 0 Å². The molecule has 0 aromatic heterocycles. The number of para-hydroxylation sites is 1. The molecule has 4 nitrogen and oxygen atoms in total. The highest BCUT2D eigenvalue weighted by molar-refractivity contribution is 5.95. The minimum absolute atomic E-state index is 0.267. The van der Waals surface area contributed by atoms with Gasteiger partial charge in [-0.15, -0.1) is 0 Å². The van der Waals surface area contributed by atoms with Crippen LogP contribution in [0.15, 0.2) is 72.5 Å². The van der Waals surface area contributed by atoms with Crippen molar-refractivity contribution in [2.24, 2.45) is 28.1 Å². The first-order valence-electron chi connectivity index (χ1n) is 13.1. The molecular weight excluding hydrogens is 432 g/mol. The van der Waals surface area contributed by atoms with E-state index in [1.54, 1.807) is 18.2 Å². The molecule has 3 N–H and O–H groups in total. The molecule has 4 fully saturated rings. The van der Waals surface area contributed by atoms with Gasteiger partial charge in [0.2, 0.25) is 0 Å². The fourth-order valence-corrected chi connectivity index (χ4v) is 8.85. The number of carbonyl (C=O) groups is 1. The van der Waals surface area contributed by atoms with Gasteiger partial charge < -0.3 is 15.7 Å². The van der Waals surface area contributed by atoms with Gasteiger partial charge >= 0.3 is 5.97 Å². The highest BCUT2D eigenvalue weighted by atomic mass is 16.4. The van der Waals surface area contributed by atoms with Crippen LogP contribution in [-0.2, 0) is 0 Å². The molecule has 3 atom stereocenters. The first-order chi connectivity index (χ1) is 16.7. The molecule has 35 heavy (non-hydrogen) atoms. The van der Waals surface area contributed by atoms with Crippen LogP contribution in [0.4, 0.5) is 17.1 Å². The molecule has 4 saturated carbocycles. The van der Waals surface area contributed by atoms with Crippen molar-refractivity contribution in [3.05, 3.63) is 78.0 Å². The average Bonchev–Trinajstić information content (AvgIpc) is 2.79. The lowest BCUT2D eigenvalue weighted by molar-refractivity contribution is -0.160. The topological polar surface area (TPSA) is 61.4 Å². The second-order valence-electron chi connectivity index (χ2n) is 12.5. The molecule has 2 aromatic carbocycles. The van der Waals surface area contributed by atoms with E-state index < -0.39 is 5.97 Å². The third-order valence-electron chi connectivity index (χ3n) is 9.17. The van der Waals surface area contributed by atoms with E-state index in [-0.39, 0.29) is 5.56 Å². The lowest BCUT2D eigenvalue weighted by atomic mass is 9.38. The first kappa shape index (κ1) is 22.5. The van der Waals surface area contributed by atoms with Crippen LogP contribution in [-0.4, -0.2) is 11.1 Å². The third kappa shape index (κ3) is 4.17. The maximum absolute atomic E-state index is 11.5. The van der Waals surface area contributed by atoms with Gasteiger partial charge in [0.05, 0.1) is 11.3 Å². The summed E-state index contributed by atoms with van der Waals surface area (Å²) in [5.74, 6) is 0.668. The summed E-state index contributed by atoms with van der Waals surface area (Å²) in [7, 11) is 0. The average molecular weight is 469 g/mol. The van der Waals surface area contributed by atoms with Crippen molar-refractivity contribution in [3.8, 4) is 0 Å². The molecule has 2 aromatic rings. The summed E-state index contributed by atoms with van der Waals surface area (Å²) in [4.78, 5) is 11.5. The Kier molecular flexibility index (Phi) is 5.14. The molecule has 7 rings (SSSR count). The van der Waals surface area contributed by atoms with Gasteiger partial charge in [0.1, 0.15) is 0 Å². The Hall–Kier alpha value is -3.01. The third-order valence-corrected chi connectivity index (χ3v) is 9.17. The van der Waals surface area contributed by atoms with E-state index in [1.165, 1.54) is 44.2 Å². The predicted octanol–water partition coefficient (Wildman–Crippen LogP) is 8.00. The molecule has 5 aliphatic carbocycles. The van der Waals surface area contributed by atoms with Crippen LogP contribution < -0.4 is 10.6 Å². The minimum Gasteiger partial charge on any atom is -0.478 e. The summed E-state index contributed by atoms with van der Waals surface area (Å²) in [5.41, 5.74) is 5.55. The molecule has 3 unspecified atom stereocenters. The smallest absolute Gasteiger partial charge is 0.337 e. The fourth-order valence-electron chi connectivity index (χ4n) is 8.85. The zero-order valence-electron chi connectivity index (χ0n) is 20.8. The van der Waals surface area contributed by atoms with Crippen molar-refractivity contribution in [3.63, 3.8) is 0 Å². The molecule has 0 saturated heterocycles. The molecule has 0 amide bonds. The van der Waals surface area contributed by atoms with E-state index >= 15 is 0 Å². The molecule has 4 heteroatoms. The van der Waals surface area contributed by atoms with Crippen LogP contribution >= 0.6 is 0 Å². The van der Waals surface area contributed by atoms with Crippen molar-refractivity contribution >= 4 is 23.0 Å². The van der Waals surface area contributed by atoms with Gasteiger partial charge in [-0.2, -0.15) is 0 Å². The number of carboxylic acids is 1. The van der Waals surface area contributed by atoms with Crippen LogP contribution in [0, 0.1) is 28.1 Å². The van der Waals surface area contributed by atoms with Crippen LogP contribution in [0.2, 0.25) is 0 Å². The van der Waals surface area contributed by atoms with Gasteiger partial charge in [-0.25, -0.2) is 4.79 Å². The zero-order valence-corrected chi connectivity index (χ0v) is 20.8. The Morgan fingerprint density at radius 1 is 0.886 bits per heavy atom. The summed E-state index contributed by atoms with van der Waals surface area (Å²) in [5, 5.41) is 16.2. The Morgan fingerprint density at radius 3 is 2.14 bits per heavy atom. The van der Waals surface area contributed by atoms with Crippen LogP contribution in [0.1, 0.15) is 69.2 Å². The summed E-state index contributed by atoms with van der Waals surface area (Å²) in [6.45, 7) is 5.14. The van der Waals surface area contributed by atoms with E-state index in [4.69, 9.17) is 0 Å². The standard InChI is InChI=1S/C31H36N2O2/c1-29-15-21-16-30(2,18-29)20-31(17-21,19-29)22-7-9-23(10-8-22)32-24-11-13-25(14-12-24)33-27-6-4-3-5-26(27)28(34)35/h3-7,9-14,21-22,32-33H,8,15-20H2,1-2H3,(H,34,35). The molecule has 0 radical (unpaired) electrons. The SMILES string of the molecule is CC12CC3CC(C)(C1)CC(C1C=CC(Nc4ccc(Nc5ccccc5C(=O)O)cc4)=CC1)(C3)C2. The molecule has 0 heterocycles. The van der Waals surface area contributed by atoms with E-state index in [0.717, 1.165) is 23.7 Å². The molecule has 182 valence electrons. The van der Waals surface area contributed by atoms with E-state index in [2.05, 4.69) is 42.7 Å². The predicted molar refractivity (Wildman–Crippen MR) is 142 cm³/mol. The fraction of sp³-hybridized carbons (Fsp3) is 0.452. The Bertz CT molecular complexity index is 1190. The number of hydrogen-bond donors (Lipinski definition) is 3. The zero-order chi connectivity index (χ0) is 24.3. The number of aromatic carboxylic acids is 1. The number of benzene rings is 2. The van der Waals surface area contributed by atoms with Crippen molar-refractivity contribution in [2.75, 3.05) is 10.6 Å². The first-order valence-corrected chi connectivity index (χ1v) is 13.1. The summed E-state index contributed by atoms with van der Waals surface area (Å²) in [6, 6.07) is 15.0. The highest BCUT2D eigenvalue weighted by Gasteiger charge is 2.61. The van der Waals surface area contributed by atoms with Gasteiger partial charge in [0.15, 0.2) is 0 Å². The molecule has 0 aliphatic heterocycles. The molecule has 5 aliphatic rings. The van der Waals surface area contributed by atoms with Crippen molar-refractivity contribution in [1.29, 1.82) is 0 Å². The Labute approximate surface area is 208 Å². The minimum atomic E-state index is -0.933. The van der Waals surface area contributed by atoms with Crippen LogP contribution in [0.25, 0.3) is 0 Å². The van der Waals surface area contributed by atoms with Crippen molar-refractivity contribution < 1.29 is 9.90 Å². The van der Waals surface area contributed by atoms with Crippen molar-refractivity contribution in [2.45, 2.75) is 58.8 Å². The number of hydrogen-bond acceptors (Lipinski definition) is 3. The Balaban J connectivity index is 1.11. The number of rotatable bonds is 6. The van der Waals surface area contributed by atoms with Gasteiger partial charge in [-0.1, -0.05) is 38.1 Å². The maximum atomic E-state index is 11.5. The van der Waals surface area contributed by atoms with E-state index in [0.29, 0.717) is 27.9 Å². The van der Waals surface area contributed by atoms with Gasteiger partial charge in [0, 0.05) is 17.1 Å². The summed E-state index contributed by atoms with van der Waals surface area (Å²) in [6.07, 6.45) is 16.9. The second kappa shape index (κ2) is 8.01. The maximum Gasteiger partial charge on any atom is 0.337 e. The highest BCUT2D eigenvalue weighted by Crippen LogP contribution is 2.72. The van der Waals surface area contributed by atoms with Crippen LogP contribution in [0.3, 0.4) is 0 Å². The van der Waals surface area contributed by atoms with Crippen LogP contribution in [0.5, 0.6) is 0 Å². The number of nitrogens with one attached hydrogen (secondary N) is 2. The monoisotopic (exact) mass is 468 g/mol. The lowest BCUT2D eigenvalue weighted by Gasteiger charge is -2.67. The molecular formula is C31H36N2O2. The van der Waals surface area contributed by atoms with Gasteiger partial charge in [-0.3, -0.25) is 0 Å². The summed E-state index contributed by atoms with van der Waals surface area (Å²) >= 11 is 0. The van der Waals surface area contributed by atoms with E-state index in [9.17, 15) is 9.90 Å². The quantitative estimate of drug-likeness (QED) is 0.402. The van der Waals surface area contributed by atoms with E-state index in [1.807, 2.05) is 30.3 Å². The Morgan fingerprint density at radius 2 is 1.54 bits per heavy atom. The normalized spacial score (nSPS) is 35.0. The van der Waals surface area contributed by atoms with Gasteiger partial charge in [-0.05, 0) is 116 Å². The lowest BCUT2D eigenvalue weighted by Crippen LogP contribution is -2.57. The molecule has 4 bridgehead atoms. The molecule has 0 spiro atoms.